The maximum absolute atomic E-state index is 14.7. The van der Waals surface area contributed by atoms with Gasteiger partial charge in [-0.05, 0) is 49.2 Å². The molecule has 1 N–H and O–H groups in total. The molecule has 2 aromatic carbocycles. The van der Waals surface area contributed by atoms with Crippen molar-refractivity contribution >= 4 is 38.4 Å². The van der Waals surface area contributed by atoms with Gasteiger partial charge >= 0.3 is 0 Å². The van der Waals surface area contributed by atoms with Crippen molar-refractivity contribution in [2.75, 3.05) is 11.5 Å². The number of benzene rings is 2. The van der Waals surface area contributed by atoms with Gasteiger partial charge in [-0.1, -0.05) is 35.9 Å². The Bertz CT molecular complexity index is 1550. The molecule has 2 aromatic heterocycles. The van der Waals surface area contributed by atoms with Gasteiger partial charge in [0.1, 0.15) is 5.82 Å². The number of carbonyl (C=O) groups is 1. The number of aromatic nitrogens is 3. The second-order valence-electron chi connectivity index (χ2n) is 8.63. The van der Waals surface area contributed by atoms with Crippen molar-refractivity contribution in [3.05, 3.63) is 82.3 Å². The lowest BCUT2D eigenvalue weighted by molar-refractivity contribution is 0.0952. The maximum Gasteiger partial charge on any atom is 0.252 e. The van der Waals surface area contributed by atoms with E-state index in [0.29, 0.717) is 33.7 Å². The SMILES string of the molecule is Cc1nn(C2CCS(=O)(=O)C2)c2nc(-c3ccccc3F)cc(C(=O)NCc3ccc(Cl)cc3)c12. The second-order valence-corrected chi connectivity index (χ2v) is 11.3. The average molecular weight is 513 g/mol. The molecule has 1 unspecified atom stereocenters. The second kappa shape index (κ2) is 9.05. The third-order valence-corrected chi connectivity index (χ3v) is 8.15. The van der Waals surface area contributed by atoms with Crippen molar-refractivity contribution in [1.29, 1.82) is 0 Å². The molecule has 10 heteroatoms. The molecule has 0 radical (unpaired) electrons. The molecular weight excluding hydrogens is 491 g/mol. The fraction of sp³-hybridized carbons (Fsp3) is 0.240. The molecular formula is C25H22ClFN4O3S. The summed E-state index contributed by atoms with van der Waals surface area (Å²) in [7, 11) is -3.18. The van der Waals surface area contributed by atoms with Crippen LogP contribution < -0.4 is 5.32 Å². The van der Waals surface area contributed by atoms with Crippen LogP contribution in [0.4, 0.5) is 4.39 Å². The minimum atomic E-state index is -3.18. The number of aryl methyl sites for hydroxylation is 1. The summed E-state index contributed by atoms with van der Waals surface area (Å²) >= 11 is 5.94. The van der Waals surface area contributed by atoms with Crippen LogP contribution in [0.1, 0.15) is 34.1 Å². The van der Waals surface area contributed by atoms with Crippen LogP contribution in [0.25, 0.3) is 22.3 Å². The number of pyridine rings is 1. The maximum atomic E-state index is 14.7. The van der Waals surface area contributed by atoms with Gasteiger partial charge in [-0.15, -0.1) is 0 Å². The summed E-state index contributed by atoms with van der Waals surface area (Å²) in [6.07, 6.45) is 0.405. The van der Waals surface area contributed by atoms with E-state index >= 15 is 0 Å². The van der Waals surface area contributed by atoms with Crippen LogP contribution in [0, 0.1) is 12.7 Å². The summed E-state index contributed by atoms with van der Waals surface area (Å²) < 4.78 is 40.5. The molecule has 0 aliphatic carbocycles. The molecule has 1 aliphatic heterocycles. The van der Waals surface area contributed by atoms with Gasteiger partial charge in [-0.3, -0.25) is 4.79 Å². The Morgan fingerprint density at radius 3 is 2.63 bits per heavy atom. The molecule has 1 amide bonds. The van der Waals surface area contributed by atoms with Crippen LogP contribution in [0.3, 0.4) is 0 Å². The van der Waals surface area contributed by atoms with E-state index in [1.165, 1.54) is 6.07 Å². The standard InChI is InChI=1S/C25H22ClFN4O3S/c1-15-23-20(25(32)28-13-16-6-8-17(26)9-7-16)12-22(19-4-2-3-5-21(19)27)29-24(23)31(30-15)18-10-11-35(33,34)14-18/h2-9,12,18H,10-11,13-14H2,1H3,(H,28,32). The Labute approximate surface area is 206 Å². The molecule has 4 aromatic rings. The lowest BCUT2D eigenvalue weighted by Crippen LogP contribution is -2.23. The zero-order chi connectivity index (χ0) is 24.7. The largest absolute Gasteiger partial charge is 0.348 e. The molecule has 180 valence electrons. The predicted molar refractivity (Wildman–Crippen MR) is 133 cm³/mol. The number of nitrogens with zero attached hydrogens (tertiary/aromatic N) is 3. The highest BCUT2D eigenvalue weighted by Crippen LogP contribution is 2.32. The number of sulfone groups is 1. The Hall–Kier alpha value is -3.30. The van der Waals surface area contributed by atoms with E-state index in [9.17, 15) is 17.6 Å². The molecule has 1 aliphatic rings. The highest BCUT2D eigenvalue weighted by Gasteiger charge is 2.32. The molecule has 0 bridgehead atoms. The van der Waals surface area contributed by atoms with Crippen molar-refractivity contribution in [3.8, 4) is 11.3 Å². The number of hydrogen-bond donors (Lipinski definition) is 1. The highest BCUT2D eigenvalue weighted by molar-refractivity contribution is 7.91. The lowest BCUT2D eigenvalue weighted by atomic mass is 10.0. The normalized spacial score (nSPS) is 17.1. The van der Waals surface area contributed by atoms with E-state index in [4.69, 9.17) is 11.6 Å². The minimum absolute atomic E-state index is 0.0487. The quantitative estimate of drug-likeness (QED) is 0.425. The van der Waals surface area contributed by atoms with Gasteiger partial charge in [0, 0.05) is 17.1 Å². The molecule has 7 nitrogen and oxygen atoms in total. The Morgan fingerprint density at radius 2 is 1.94 bits per heavy atom. The summed E-state index contributed by atoms with van der Waals surface area (Å²) in [5, 5.41) is 8.59. The van der Waals surface area contributed by atoms with E-state index in [2.05, 4.69) is 15.4 Å². The number of hydrogen-bond acceptors (Lipinski definition) is 5. The number of halogens is 2. The van der Waals surface area contributed by atoms with Gasteiger partial charge in [0.2, 0.25) is 0 Å². The van der Waals surface area contributed by atoms with Crippen molar-refractivity contribution in [2.45, 2.75) is 25.9 Å². The average Bonchev–Trinajstić information content (AvgIpc) is 3.37. The van der Waals surface area contributed by atoms with Gasteiger partial charge < -0.3 is 5.32 Å². The monoisotopic (exact) mass is 512 g/mol. The van der Waals surface area contributed by atoms with Crippen molar-refractivity contribution < 1.29 is 17.6 Å². The van der Waals surface area contributed by atoms with E-state index in [0.717, 1.165) is 5.56 Å². The zero-order valence-corrected chi connectivity index (χ0v) is 20.4. The van der Waals surface area contributed by atoms with Gasteiger partial charge in [-0.25, -0.2) is 22.5 Å². The van der Waals surface area contributed by atoms with Gasteiger partial charge in [0.05, 0.1) is 39.9 Å². The summed E-state index contributed by atoms with van der Waals surface area (Å²) in [6, 6.07) is 14.5. The molecule has 35 heavy (non-hydrogen) atoms. The number of nitrogens with one attached hydrogen (secondary N) is 1. The third-order valence-electron chi connectivity index (χ3n) is 6.15. The van der Waals surface area contributed by atoms with Crippen LogP contribution >= 0.6 is 11.6 Å². The molecule has 0 saturated carbocycles. The predicted octanol–water partition coefficient (Wildman–Crippen LogP) is 4.49. The summed E-state index contributed by atoms with van der Waals surface area (Å²) in [4.78, 5) is 18.0. The number of carbonyl (C=O) groups excluding carboxylic acids is 1. The van der Waals surface area contributed by atoms with Gasteiger partial charge in [-0.2, -0.15) is 5.10 Å². The first-order valence-electron chi connectivity index (χ1n) is 11.1. The molecule has 1 saturated heterocycles. The molecule has 1 fully saturated rings. The van der Waals surface area contributed by atoms with Crippen LogP contribution in [0.5, 0.6) is 0 Å². The van der Waals surface area contributed by atoms with E-state index < -0.39 is 21.7 Å². The number of fused-ring (bicyclic) bond motifs is 1. The number of amides is 1. The van der Waals surface area contributed by atoms with Crippen LogP contribution in [-0.2, 0) is 16.4 Å². The van der Waals surface area contributed by atoms with E-state index in [1.807, 2.05) is 12.1 Å². The van der Waals surface area contributed by atoms with Crippen LogP contribution in [0.15, 0.2) is 54.6 Å². The topological polar surface area (TPSA) is 93.9 Å². The molecule has 1 atom stereocenters. The summed E-state index contributed by atoms with van der Waals surface area (Å²) in [6.45, 7) is 2.02. The molecule has 0 spiro atoms. The van der Waals surface area contributed by atoms with Crippen LogP contribution in [0.2, 0.25) is 5.02 Å². The first-order valence-corrected chi connectivity index (χ1v) is 13.3. The first-order chi connectivity index (χ1) is 16.7. The van der Waals surface area contributed by atoms with E-state index in [-0.39, 0.29) is 35.2 Å². The van der Waals surface area contributed by atoms with Crippen LogP contribution in [-0.4, -0.2) is 40.6 Å². The van der Waals surface area contributed by atoms with Crippen molar-refractivity contribution in [3.63, 3.8) is 0 Å². The summed E-state index contributed by atoms with van der Waals surface area (Å²) in [5.74, 6) is -0.823. The highest BCUT2D eigenvalue weighted by atomic mass is 35.5. The van der Waals surface area contributed by atoms with E-state index in [1.54, 1.807) is 48.0 Å². The Morgan fingerprint density at radius 1 is 1.20 bits per heavy atom. The Balaban J connectivity index is 1.62. The fourth-order valence-corrected chi connectivity index (χ4v) is 6.22. The Kier molecular flexibility index (Phi) is 6.06. The summed E-state index contributed by atoms with van der Waals surface area (Å²) in [5.41, 5.74) is 2.59. The number of rotatable bonds is 5. The third kappa shape index (κ3) is 4.66. The van der Waals surface area contributed by atoms with Crippen molar-refractivity contribution in [1.82, 2.24) is 20.1 Å². The first kappa shape index (κ1) is 23.4. The zero-order valence-electron chi connectivity index (χ0n) is 18.8. The molecule has 5 rings (SSSR count). The van der Waals surface area contributed by atoms with Crippen molar-refractivity contribution in [2.24, 2.45) is 0 Å². The van der Waals surface area contributed by atoms with Gasteiger partial charge in [0.15, 0.2) is 15.5 Å². The fourth-order valence-electron chi connectivity index (χ4n) is 4.40. The van der Waals surface area contributed by atoms with Gasteiger partial charge in [0.25, 0.3) is 5.91 Å². The molecule has 3 heterocycles. The minimum Gasteiger partial charge on any atom is -0.348 e. The smallest absolute Gasteiger partial charge is 0.252 e. The lowest BCUT2D eigenvalue weighted by Gasteiger charge is -2.13.